The van der Waals surface area contributed by atoms with E-state index in [0.29, 0.717) is 29.8 Å². The molecular formula is C25H20F6N2O4S. The summed E-state index contributed by atoms with van der Waals surface area (Å²) in [5.74, 6) is -0.900. The highest BCUT2D eigenvalue weighted by molar-refractivity contribution is 7.92. The molecule has 0 bridgehead atoms. The van der Waals surface area contributed by atoms with E-state index in [9.17, 15) is 39.6 Å². The molecule has 0 aliphatic carbocycles. The first kappa shape index (κ1) is 27.3. The van der Waals surface area contributed by atoms with Crippen molar-refractivity contribution in [2.45, 2.75) is 30.6 Å². The maximum Gasteiger partial charge on any atom is 0.416 e. The van der Waals surface area contributed by atoms with Gasteiger partial charge >= 0.3 is 12.4 Å². The normalized spacial score (nSPS) is 13.8. The molecule has 6 nitrogen and oxygen atoms in total. The monoisotopic (exact) mass is 558 g/mol. The van der Waals surface area contributed by atoms with Gasteiger partial charge in [0.25, 0.3) is 15.9 Å². The lowest BCUT2D eigenvalue weighted by molar-refractivity contribution is -0.143. The maximum absolute atomic E-state index is 13.2. The second kappa shape index (κ2) is 9.86. The molecule has 0 fully saturated rings. The SMILES string of the molecule is Cc1cc(S(=O)(=O)N2CCc3ccccc32)ccc1OCC(=O)Nc1cc(C(F)(F)F)cc(C(F)(F)F)c1. The van der Waals surface area contributed by atoms with E-state index in [4.69, 9.17) is 4.74 Å². The molecule has 1 amide bonds. The third-order valence-corrected chi connectivity index (χ3v) is 7.62. The smallest absolute Gasteiger partial charge is 0.416 e. The van der Waals surface area contributed by atoms with Gasteiger partial charge in [-0.3, -0.25) is 9.10 Å². The number of para-hydroxylation sites is 1. The first-order valence-electron chi connectivity index (χ1n) is 11.1. The van der Waals surface area contributed by atoms with E-state index in [2.05, 4.69) is 0 Å². The van der Waals surface area contributed by atoms with E-state index >= 15 is 0 Å². The molecular weight excluding hydrogens is 538 g/mol. The van der Waals surface area contributed by atoms with Gasteiger partial charge in [0.15, 0.2) is 6.61 Å². The Kier molecular flexibility index (Phi) is 7.08. The average Bonchev–Trinajstić information content (AvgIpc) is 3.27. The van der Waals surface area contributed by atoms with Crippen LogP contribution in [0.5, 0.6) is 5.75 Å². The molecule has 0 unspecified atom stereocenters. The summed E-state index contributed by atoms with van der Waals surface area (Å²) in [5.41, 5.74) is -2.00. The number of hydrogen-bond donors (Lipinski definition) is 1. The molecule has 0 spiro atoms. The standard InChI is InChI=1S/C25H20F6N2O4S/c1-15-10-20(38(35,36)33-9-8-16-4-2-3-5-21(16)33)6-7-22(15)37-14-23(34)32-19-12-17(24(26,27)28)11-18(13-19)25(29,30)31/h2-7,10-13H,8-9,14H2,1H3,(H,32,34). The zero-order valence-corrected chi connectivity index (χ0v) is 20.5. The van der Waals surface area contributed by atoms with Crippen molar-refractivity contribution >= 4 is 27.3 Å². The van der Waals surface area contributed by atoms with E-state index in [1.165, 1.54) is 29.4 Å². The minimum atomic E-state index is -5.06. The lowest BCUT2D eigenvalue weighted by Crippen LogP contribution is -2.29. The number of nitrogens with one attached hydrogen (secondary N) is 1. The van der Waals surface area contributed by atoms with E-state index in [1.54, 1.807) is 12.1 Å². The highest BCUT2D eigenvalue weighted by Gasteiger charge is 2.37. The van der Waals surface area contributed by atoms with Gasteiger partial charge < -0.3 is 10.1 Å². The van der Waals surface area contributed by atoms with Gasteiger partial charge in [-0.1, -0.05) is 18.2 Å². The number of benzene rings is 3. The van der Waals surface area contributed by atoms with E-state index in [0.717, 1.165) is 5.56 Å². The molecule has 0 saturated heterocycles. The zero-order chi connectivity index (χ0) is 27.9. The largest absolute Gasteiger partial charge is 0.483 e. The number of carbonyl (C=O) groups excluding carboxylic acids is 1. The predicted molar refractivity (Wildman–Crippen MR) is 126 cm³/mol. The Morgan fingerprint density at radius 1 is 0.947 bits per heavy atom. The number of hydrogen-bond acceptors (Lipinski definition) is 4. The first-order valence-corrected chi connectivity index (χ1v) is 12.5. The van der Waals surface area contributed by atoms with Crippen molar-refractivity contribution in [1.29, 1.82) is 0 Å². The van der Waals surface area contributed by atoms with Crippen LogP contribution in [0.2, 0.25) is 0 Å². The van der Waals surface area contributed by atoms with Crippen LogP contribution in [0, 0.1) is 6.92 Å². The van der Waals surface area contributed by atoms with Gasteiger partial charge in [-0.15, -0.1) is 0 Å². The third kappa shape index (κ3) is 5.72. The van der Waals surface area contributed by atoms with Gasteiger partial charge in [0.1, 0.15) is 5.75 Å². The maximum atomic E-state index is 13.2. The number of carbonyl (C=O) groups is 1. The number of ether oxygens (including phenoxy) is 1. The number of sulfonamides is 1. The average molecular weight is 559 g/mol. The number of rotatable bonds is 6. The van der Waals surface area contributed by atoms with Crippen molar-refractivity contribution in [3.63, 3.8) is 0 Å². The fraction of sp³-hybridized carbons (Fsp3) is 0.240. The van der Waals surface area contributed by atoms with Crippen molar-refractivity contribution in [3.8, 4) is 5.75 Å². The predicted octanol–water partition coefficient (Wildman–Crippen LogP) is 5.80. The molecule has 1 aliphatic rings. The van der Waals surface area contributed by atoms with Crippen LogP contribution in [0.25, 0.3) is 0 Å². The molecule has 3 aromatic rings. The Balaban J connectivity index is 1.46. The number of alkyl halides is 6. The summed E-state index contributed by atoms with van der Waals surface area (Å²) < 4.78 is 111. The molecule has 1 aliphatic heterocycles. The van der Waals surface area contributed by atoms with E-state index in [1.807, 2.05) is 17.4 Å². The van der Waals surface area contributed by atoms with Crippen molar-refractivity contribution in [1.82, 2.24) is 0 Å². The first-order chi connectivity index (χ1) is 17.7. The summed E-state index contributed by atoms with van der Waals surface area (Å²) in [4.78, 5) is 12.2. The highest BCUT2D eigenvalue weighted by Crippen LogP contribution is 2.38. The lowest BCUT2D eigenvalue weighted by Gasteiger charge is -2.20. The number of amides is 1. The molecule has 0 aromatic heterocycles. The van der Waals surface area contributed by atoms with Crippen molar-refractivity contribution in [3.05, 3.63) is 82.9 Å². The Labute approximate surface area is 213 Å². The number of anilines is 2. The van der Waals surface area contributed by atoms with Crippen molar-refractivity contribution < 1.29 is 44.3 Å². The quantitative estimate of drug-likeness (QED) is 0.388. The van der Waals surface area contributed by atoms with Crippen LogP contribution in [0.4, 0.5) is 37.7 Å². The van der Waals surface area contributed by atoms with Crippen molar-refractivity contribution in [2.75, 3.05) is 22.8 Å². The van der Waals surface area contributed by atoms with E-state index < -0.39 is 51.7 Å². The van der Waals surface area contributed by atoms with Crippen molar-refractivity contribution in [2.24, 2.45) is 0 Å². The van der Waals surface area contributed by atoms with Crippen LogP contribution in [-0.2, 0) is 33.6 Å². The van der Waals surface area contributed by atoms with Crippen LogP contribution in [0.15, 0.2) is 65.6 Å². The van der Waals surface area contributed by atoms with Gasteiger partial charge in [0.2, 0.25) is 0 Å². The lowest BCUT2D eigenvalue weighted by atomic mass is 10.1. The molecule has 202 valence electrons. The summed E-state index contributed by atoms with van der Waals surface area (Å²) in [6, 6.07) is 11.8. The van der Waals surface area contributed by atoms with Crippen LogP contribution < -0.4 is 14.4 Å². The van der Waals surface area contributed by atoms with Crippen LogP contribution in [-0.4, -0.2) is 27.5 Å². The third-order valence-electron chi connectivity index (χ3n) is 5.81. The number of nitrogens with zero attached hydrogens (tertiary/aromatic N) is 1. The minimum absolute atomic E-state index is 0.00727. The van der Waals surface area contributed by atoms with Gasteiger partial charge in [0.05, 0.1) is 21.7 Å². The molecule has 4 rings (SSSR count). The Bertz CT molecular complexity index is 1450. The second-order valence-electron chi connectivity index (χ2n) is 8.51. The summed E-state index contributed by atoms with van der Waals surface area (Å²) in [6.07, 6.45) is -9.55. The Hall–Kier alpha value is -3.74. The molecule has 1 heterocycles. The highest BCUT2D eigenvalue weighted by atomic mass is 32.2. The summed E-state index contributed by atoms with van der Waals surface area (Å²) >= 11 is 0. The fourth-order valence-corrected chi connectivity index (χ4v) is 5.59. The Morgan fingerprint density at radius 3 is 2.18 bits per heavy atom. The summed E-state index contributed by atoms with van der Waals surface area (Å²) in [6.45, 7) is 1.07. The zero-order valence-electron chi connectivity index (χ0n) is 19.7. The molecule has 13 heteroatoms. The van der Waals surface area contributed by atoms with Crippen LogP contribution in [0.1, 0.15) is 22.3 Å². The van der Waals surface area contributed by atoms with Gasteiger partial charge in [-0.25, -0.2) is 8.42 Å². The van der Waals surface area contributed by atoms with Crippen LogP contribution in [0.3, 0.4) is 0 Å². The number of aryl methyl sites for hydroxylation is 1. The summed E-state index contributed by atoms with van der Waals surface area (Å²) in [5, 5.41) is 1.97. The van der Waals surface area contributed by atoms with Gasteiger partial charge in [-0.05, 0) is 66.9 Å². The molecule has 3 aromatic carbocycles. The number of halogens is 6. The summed E-state index contributed by atoms with van der Waals surface area (Å²) in [7, 11) is -3.88. The number of fused-ring (bicyclic) bond motifs is 1. The molecule has 0 atom stereocenters. The fourth-order valence-electron chi connectivity index (χ4n) is 4.00. The molecule has 1 N–H and O–H groups in total. The van der Waals surface area contributed by atoms with E-state index in [-0.39, 0.29) is 23.3 Å². The van der Waals surface area contributed by atoms with Crippen LogP contribution >= 0.6 is 0 Å². The minimum Gasteiger partial charge on any atom is -0.483 e. The Morgan fingerprint density at radius 2 is 1.58 bits per heavy atom. The molecule has 0 saturated carbocycles. The molecule has 0 radical (unpaired) electrons. The van der Waals surface area contributed by atoms with Gasteiger partial charge in [0, 0.05) is 12.2 Å². The van der Waals surface area contributed by atoms with Gasteiger partial charge in [-0.2, -0.15) is 26.3 Å². The second-order valence-corrected chi connectivity index (χ2v) is 10.4. The topological polar surface area (TPSA) is 75.7 Å². The molecule has 38 heavy (non-hydrogen) atoms.